The topological polar surface area (TPSA) is 0 Å². The van der Waals surface area contributed by atoms with Gasteiger partial charge in [0.25, 0.3) is 0 Å². The molecule has 0 aromatic heterocycles. The van der Waals surface area contributed by atoms with Gasteiger partial charge in [-0.05, 0) is 37.0 Å². The monoisotopic (exact) mass is 243 g/mol. The zero-order chi connectivity index (χ0) is 11.4. The third-order valence-electron chi connectivity index (χ3n) is 2.45. The maximum Gasteiger partial charge on any atom is 0.0588 e. The lowest BCUT2D eigenvalue weighted by molar-refractivity contribution is 0.852. The van der Waals surface area contributed by atoms with Crippen molar-refractivity contribution in [3.63, 3.8) is 0 Å². The lowest BCUT2D eigenvalue weighted by atomic mass is 10.00. The van der Waals surface area contributed by atoms with Crippen molar-refractivity contribution in [2.24, 2.45) is 0 Å². The molecular weight excluding hydrogens is 227 g/mol. The molecule has 0 N–H and O–H groups in total. The van der Waals surface area contributed by atoms with Gasteiger partial charge in [0.05, 0.1) is 10.8 Å². The van der Waals surface area contributed by atoms with E-state index in [9.17, 15) is 0 Å². The van der Waals surface area contributed by atoms with E-state index in [1.807, 2.05) is 0 Å². The van der Waals surface area contributed by atoms with E-state index in [-0.39, 0.29) is 10.8 Å². The number of alkyl halides is 2. The Morgan fingerprint density at radius 2 is 1.47 bits per heavy atom. The van der Waals surface area contributed by atoms with Crippen LogP contribution in [0.2, 0.25) is 0 Å². The Morgan fingerprint density at radius 3 is 1.80 bits per heavy atom. The van der Waals surface area contributed by atoms with Crippen LogP contribution >= 0.6 is 23.2 Å². The maximum atomic E-state index is 6.21. The van der Waals surface area contributed by atoms with E-state index in [2.05, 4.69) is 39.0 Å². The van der Waals surface area contributed by atoms with Crippen molar-refractivity contribution in [1.82, 2.24) is 0 Å². The first-order valence-electron chi connectivity index (χ1n) is 5.40. The van der Waals surface area contributed by atoms with Crippen molar-refractivity contribution in [3.05, 3.63) is 34.9 Å². The van der Waals surface area contributed by atoms with Crippen LogP contribution < -0.4 is 0 Å². The second-order valence-corrected chi connectivity index (χ2v) is 4.87. The van der Waals surface area contributed by atoms with Crippen LogP contribution in [-0.4, -0.2) is 0 Å². The van der Waals surface area contributed by atoms with Gasteiger partial charge in [-0.2, -0.15) is 0 Å². The van der Waals surface area contributed by atoms with Gasteiger partial charge in [0.2, 0.25) is 0 Å². The molecule has 15 heavy (non-hydrogen) atoms. The van der Waals surface area contributed by atoms with Crippen LogP contribution in [0.4, 0.5) is 0 Å². The summed E-state index contributed by atoms with van der Waals surface area (Å²) in [7, 11) is 0. The molecule has 0 spiro atoms. The van der Waals surface area contributed by atoms with E-state index in [1.165, 1.54) is 5.56 Å². The van der Waals surface area contributed by atoms with Crippen molar-refractivity contribution in [1.29, 1.82) is 0 Å². The van der Waals surface area contributed by atoms with Gasteiger partial charge in [-0.1, -0.05) is 31.5 Å². The van der Waals surface area contributed by atoms with Gasteiger partial charge < -0.3 is 0 Å². The van der Waals surface area contributed by atoms with Crippen molar-refractivity contribution in [3.8, 4) is 0 Å². The normalized spacial score (nSPS) is 15.0. The van der Waals surface area contributed by atoms with Crippen LogP contribution in [0.15, 0.2) is 12.1 Å². The minimum atomic E-state index is 0.0457. The molecule has 0 saturated carbocycles. The summed E-state index contributed by atoms with van der Waals surface area (Å²) in [5.74, 6) is 0. The Bertz CT molecular complexity index is 292. The van der Waals surface area contributed by atoms with Crippen LogP contribution in [-0.2, 0) is 0 Å². The summed E-state index contributed by atoms with van der Waals surface area (Å²) >= 11 is 12.4. The summed E-state index contributed by atoms with van der Waals surface area (Å²) in [5, 5.41) is 0.0914. The van der Waals surface area contributed by atoms with E-state index < -0.39 is 0 Å². The summed E-state index contributed by atoms with van der Waals surface area (Å²) in [6, 6.07) is 7.50. The van der Waals surface area contributed by atoms with Gasteiger partial charge in [0.15, 0.2) is 0 Å². The van der Waals surface area contributed by atoms with E-state index in [0.717, 1.165) is 24.0 Å². The SMILES string of the molecule is CCC(Cl)c1[c]c(C(Cl)CC)cc(C)c1. The minimum Gasteiger partial charge on any atom is -0.118 e. The number of halogens is 2. The number of benzene rings is 1. The van der Waals surface area contributed by atoms with Crippen LogP contribution in [0.5, 0.6) is 0 Å². The molecule has 2 atom stereocenters. The summed E-state index contributed by atoms with van der Waals surface area (Å²) in [6.45, 7) is 6.22. The van der Waals surface area contributed by atoms with Crippen molar-refractivity contribution in [2.75, 3.05) is 0 Å². The highest BCUT2D eigenvalue weighted by atomic mass is 35.5. The van der Waals surface area contributed by atoms with E-state index in [1.54, 1.807) is 0 Å². The third kappa shape index (κ3) is 3.39. The van der Waals surface area contributed by atoms with Gasteiger partial charge in [-0.25, -0.2) is 0 Å². The number of hydrogen-bond acceptors (Lipinski definition) is 0. The molecule has 0 nitrogen and oxygen atoms in total. The molecule has 1 aromatic carbocycles. The molecule has 0 aliphatic rings. The molecule has 2 unspecified atom stereocenters. The van der Waals surface area contributed by atoms with Gasteiger partial charge in [-0.3, -0.25) is 0 Å². The smallest absolute Gasteiger partial charge is 0.0588 e. The second-order valence-electron chi connectivity index (χ2n) is 3.82. The van der Waals surface area contributed by atoms with Gasteiger partial charge >= 0.3 is 0 Å². The molecule has 1 aromatic rings. The summed E-state index contributed by atoms with van der Waals surface area (Å²) in [4.78, 5) is 0. The van der Waals surface area contributed by atoms with Gasteiger partial charge in [0, 0.05) is 0 Å². The van der Waals surface area contributed by atoms with Crippen molar-refractivity contribution < 1.29 is 0 Å². The summed E-state index contributed by atoms with van der Waals surface area (Å²) in [5.41, 5.74) is 3.33. The number of rotatable bonds is 4. The van der Waals surface area contributed by atoms with E-state index in [0.29, 0.717) is 0 Å². The quantitative estimate of drug-likeness (QED) is 0.640. The maximum absolute atomic E-state index is 6.21. The Balaban J connectivity index is 3.04. The van der Waals surface area contributed by atoms with Gasteiger partial charge in [0.1, 0.15) is 0 Å². The number of hydrogen-bond donors (Lipinski definition) is 0. The highest BCUT2D eigenvalue weighted by molar-refractivity contribution is 6.21. The molecule has 0 bridgehead atoms. The molecule has 1 radical (unpaired) electrons. The molecule has 0 heterocycles. The molecule has 2 heteroatoms. The molecule has 0 amide bonds. The Hall–Kier alpha value is -0.200. The lowest BCUT2D eigenvalue weighted by Gasteiger charge is -2.13. The fraction of sp³-hybridized carbons (Fsp3) is 0.538. The molecule has 0 aliphatic carbocycles. The lowest BCUT2D eigenvalue weighted by Crippen LogP contribution is -1.96. The highest BCUT2D eigenvalue weighted by Gasteiger charge is 2.11. The van der Waals surface area contributed by atoms with Crippen molar-refractivity contribution >= 4 is 23.2 Å². The average molecular weight is 244 g/mol. The van der Waals surface area contributed by atoms with Crippen LogP contribution in [0.1, 0.15) is 54.1 Å². The van der Waals surface area contributed by atoms with Crippen LogP contribution in [0.3, 0.4) is 0 Å². The Labute approximate surface area is 103 Å². The molecule has 0 fully saturated rings. The summed E-state index contributed by atoms with van der Waals surface area (Å²) in [6.07, 6.45) is 1.83. The average Bonchev–Trinajstić information content (AvgIpc) is 2.26. The predicted molar refractivity (Wildman–Crippen MR) is 67.8 cm³/mol. The largest absolute Gasteiger partial charge is 0.118 e. The molecule has 0 aliphatic heterocycles. The standard InChI is InChI=1S/C13H17Cl2/c1-4-12(14)10-6-9(3)7-11(8-10)13(15)5-2/h6-7,12-13H,4-5H2,1-3H3. The third-order valence-corrected chi connectivity index (χ3v) is 3.53. The van der Waals surface area contributed by atoms with E-state index >= 15 is 0 Å². The van der Waals surface area contributed by atoms with E-state index in [4.69, 9.17) is 23.2 Å². The second kappa shape index (κ2) is 5.77. The first kappa shape index (κ1) is 12.9. The Kier molecular flexibility index (Phi) is 4.95. The highest BCUT2D eigenvalue weighted by Crippen LogP contribution is 2.30. The van der Waals surface area contributed by atoms with Crippen molar-refractivity contribution in [2.45, 2.75) is 44.4 Å². The van der Waals surface area contributed by atoms with Crippen LogP contribution in [0, 0.1) is 13.0 Å². The molecular formula is C13H17Cl2. The summed E-state index contributed by atoms with van der Waals surface area (Å²) < 4.78 is 0. The van der Waals surface area contributed by atoms with Crippen LogP contribution in [0.25, 0.3) is 0 Å². The first-order valence-corrected chi connectivity index (χ1v) is 6.27. The zero-order valence-electron chi connectivity index (χ0n) is 9.48. The van der Waals surface area contributed by atoms with Gasteiger partial charge in [-0.15, -0.1) is 23.2 Å². The Morgan fingerprint density at radius 1 is 1.07 bits per heavy atom. The first-order chi connectivity index (χ1) is 7.08. The predicted octanol–water partition coefficient (Wildman–Crippen LogP) is 5.18. The molecule has 0 saturated heterocycles. The fourth-order valence-electron chi connectivity index (χ4n) is 1.55. The fourth-order valence-corrected chi connectivity index (χ4v) is 1.78. The molecule has 1 rings (SSSR count). The zero-order valence-corrected chi connectivity index (χ0v) is 11.0. The molecule has 83 valence electrons. The number of aryl methyl sites for hydroxylation is 1. The minimum absolute atomic E-state index is 0.0457.